The summed E-state index contributed by atoms with van der Waals surface area (Å²) in [5.41, 5.74) is 1.21. The van der Waals surface area contributed by atoms with Crippen molar-refractivity contribution < 1.29 is 13.9 Å². The molecule has 3 aromatic heterocycles. The number of hydrogen-bond donors (Lipinski definition) is 2. The molecule has 0 atom stereocenters. The molecule has 4 rings (SSSR count). The number of nitrogens with one attached hydrogen (secondary N) is 2. The van der Waals surface area contributed by atoms with Crippen LogP contribution in [0.15, 0.2) is 41.5 Å². The van der Waals surface area contributed by atoms with E-state index in [4.69, 9.17) is 17.0 Å². The van der Waals surface area contributed by atoms with Gasteiger partial charge in [-0.1, -0.05) is 0 Å². The molecule has 1 aromatic carbocycles. The minimum atomic E-state index is -0.674. The van der Waals surface area contributed by atoms with E-state index in [1.165, 1.54) is 22.8 Å². The van der Waals surface area contributed by atoms with Gasteiger partial charge in [0.05, 0.1) is 17.6 Å². The molecule has 0 aliphatic rings. The van der Waals surface area contributed by atoms with Gasteiger partial charge in [0.2, 0.25) is 0 Å². The maximum absolute atomic E-state index is 14.0. The van der Waals surface area contributed by atoms with Gasteiger partial charge in [-0.3, -0.25) is 14.3 Å². The van der Waals surface area contributed by atoms with Crippen LogP contribution in [0.25, 0.3) is 21.9 Å². The standard InChI is InChI=1S/C20H19FN4O3S/c1-20(2,3)28-19(27)25-10-11(13-8-12(21)4-5-14(13)25)9-24-15-6-7-22-16(15)17(26)23-18(24)29/h4-8,10,22H,9H2,1-3H3,(H,23,26,29). The fraction of sp³-hybridized carbons (Fsp3) is 0.250. The number of ether oxygens (including phenoxy) is 1. The fourth-order valence-electron chi connectivity index (χ4n) is 3.29. The monoisotopic (exact) mass is 414 g/mol. The van der Waals surface area contributed by atoms with Gasteiger partial charge in [0.15, 0.2) is 4.77 Å². The molecule has 0 radical (unpaired) electrons. The van der Waals surface area contributed by atoms with Crippen molar-refractivity contribution in [1.29, 1.82) is 0 Å². The van der Waals surface area contributed by atoms with E-state index in [-0.39, 0.29) is 16.9 Å². The molecule has 0 fully saturated rings. The second-order valence-corrected chi connectivity index (χ2v) is 8.14. The Morgan fingerprint density at radius 3 is 2.72 bits per heavy atom. The molecule has 0 amide bonds. The van der Waals surface area contributed by atoms with E-state index in [0.29, 0.717) is 27.5 Å². The van der Waals surface area contributed by atoms with E-state index < -0.39 is 17.5 Å². The molecule has 29 heavy (non-hydrogen) atoms. The largest absolute Gasteiger partial charge is 0.443 e. The number of carbonyl (C=O) groups excluding carboxylic acids is 1. The quantitative estimate of drug-likeness (QED) is 0.479. The summed E-state index contributed by atoms with van der Waals surface area (Å²) < 4.78 is 22.8. The molecule has 0 unspecified atom stereocenters. The first-order valence-corrected chi connectivity index (χ1v) is 9.38. The highest BCUT2D eigenvalue weighted by Crippen LogP contribution is 2.25. The Kier molecular flexibility index (Phi) is 4.42. The van der Waals surface area contributed by atoms with Crippen molar-refractivity contribution in [3.8, 4) is 0 Å². The van der Waals surface area contributed by atoms with Crippen LogP contribution in [0.5, 0.6) is 0 Å². The smallest absolute Gasteiger partial charge is 0.419 e. The zero-order valence-corrected chi connectivity index (χ0v) is 16.9. The summed E-state index contributed by atoms with van der Waals surface area (Å²) in [5.74, 6) is -0.419. The number of carbonyl (C=O) groups is 1. The number of fused-ring (bicyclic) bond motifs is 2. The Morgan fingerprint density at radius 2 is 2.00 bits per heavy atom. The summed E-state index contributed by atoms with van der Waals surface area (Å²) in [6, 6.07) is 5.95. The summed E-state index contributed by atoms with van der Waals surface area (Å²) in [6.07, 6.45) is 2.70. The molecule has 2 N–H and O–H groups in total. The summed E-state index contributed by atoms with van der Waals surface area (Å²) in [4.78, 5) is 30.3. The molecule has 9 heteroatoms. The first-order valence-electron chi connectivity index (χ1n) is 8.97. The van der Waals surface area contributed by atoms with E-state index >= 15 is 0 Å². The summed E-state index contributed by atoms with van der Waals surface area (Å²) >= 11 is 5.33. The number of nitrogens with zero attached hydrogens (tertiary/aromatic N) is 2. The lowest BCUT2D eigenvalue weighted by Crippen LogP contribution is -2.26. The number of halogens is 1. The molecule has 0 saturated carbocycles. The van der Waals surface area contributed by atoms with Crippen molar-refractivity contribution in [3.05, 3.63) is 63.2 Å². The van der Waals surface area contributed by atoms with E-state index in [1.54, 1.807) is 43.8 Å². The maximum Gasteiger partial charge on any atom is 0.419 e. The molecule has 0 aliphatic carbocycles. The average molecular weight is 414 g/mol. The fourth-order valence-corrected chi connectivity index (χ4v) is 3.55. The number of hydrogen-bond acceptors (Lipinski definition) is 4. The van der Waals surface area contributed by atoms with Crippen LogP contribution in [0.2, 0.25) is 0 Å². The predicted octanol–water partition coefficient (Wildman–Crippen LogP) is 4.31. The zero-order valence-electron chi connectivity index (χ0n) is 16.1. The van der Waals surface area contributed by atoms with Gasteiger partial charge in [0, 0.05) is 17.8 Å². The van der Waals surface area contributed by atoms with Crippen molar-refractivity contribution in [2.45, 2.75) is 32.9 Å². The molecule has 0 spiro atoms. The molecular weight excluding hydrogens is 395 g/mol. The van der Waals surface area contributed by atoms with Crippen LogP contribution in [0.3, 0.4) is 0 Å². The topological polar surface area (TPSA) is 84.8 Å². The van der Waals surface area contributed by atoms with E-state index in [1.807, 2.05) is 0 Å². The number of H-pyrrole nitrogens is 2. The van der Waals surface area contributed by atoms with Gasteiger partial charge in [0.1, 0.15) is 16.9 Å². The van der Waals surface area contributed by atoms with Crippen LogP contribution in [-0.2, 0) is 11.3 Å². The molecule has 0 bridgehead atoms. The highest BCUT2D eigenvalue weighted by atomic mass is 32.1. The van der Waals surface area contributed by atoms with Crippen molar-refractivity contribution in [2.75, 3.05) is 0 Å². The van der Waals surface area contributed by atoms with Gasteiger partial charge in [-0.25, -0.2) is 9.18 Å². The van der Waals surface area contributed by atoms with Crippen LogP contribution >= 0.6 is 12.2 Å². The average Bonchev–Trinajstić information content (AvgIpc) is 3.22. The van der Waals surface area contributed by atoms with Crippen molar-refractivity contribution in [3.63, 3.8) is 0 Å². The van der Waals surface area contributed by atoms with E-state index in [2.05, 4.69) is 9.97 Å². The highest BCUT2D eigenvalue weighted by molar-refractivity contribution is 7.71. The first-order chi connectivity index (χ1) is 13.6. The molecule has 150 valence electrons. The highest BCUT2D eigenvalue weighted by Gasteiger charge is 2.21. The normalized spacial score (nSPS) is 12.0. The molecule has 3 heterocycles. The van der Waals surface area contributed by atoms with Crippen molar-refractivity contribution in [1.82, 2.24) is 19.1 Å². The number of benzene rings is 1. The minimum absolute atomic E-state index is 0.233. The summed E-state index contributed by atoms with van der Waals surface area (Å²) in [6.45, 7) is 5.57. The lowest BCUT2D eigenvalue weighted by atomic mass is 10.1. The van der Waals surface area contributed by atoms with Crippen LogP contribution in [0.4, 0.5) is 9.18 Å². The van der Waals surface area contributed by atoms with Gasteiger partial charge < -0.3 is 14.3 Å². The Morgan fingerprint density at radius 1 is 1.24 bits per heavy atom. The first kappa shape index (κ1) is 19.1. The summed E-state index contributed by atoms with van der Waals surface area (Å²) in [5, 5.41) is 0.563. The van der Waals surface area contributed by atoms with Crippen LogP contribution in [-0.4, -0.2) is 30.8 Å². The van der Waals surface area contributed by atoms with Crippen molar-refractivity contribution in [2.24, 2.45) is 0 Å². The lowest BCUT2D eigenvalue weighted by Gasteiger charge is -2.19. The van der Waals surface area contributed by atoms with Gasteiger partial charge in [-0.2, -0.15) is 0 Å². The second-order valence-electron chi connectivity index (χ2n) is 7.75. The van der Waals surface area contributed by atoms with Gasteiger partial charge in [0.25, 0.3) is 5.56 Å². The molecule has 0 saturated heterocycles. The van der Waals surface area contributed by atoms with E-state index in [0.717, 1.165) is 0 Å². The third-order valence-corrected chi connectivity index (χ3v) is 4.80. The molecule has 4 aromatic rings. The third kappa shape index (κ3) is 3.49. The van der Waals surface area contributed by atoms with E-state index in [9.17, 15) is 14.0 Å². The SMILES string of the molecule is CC(C)(C)OC(=O)n1cc(Cn2c(=S)[nH]c(=O)c3[nH]ccc32)c2cc(F)ccc21. The van der Waals surface area contributed by atoms with Crippen LogP contribution < -0.4 is 5.56 Å². The Hall–Kier alpha value is -3.20. The van der Waals surface area contributed by atoms with Crippen LogP contribution in [0, 0.1) is 10.6 Å². The number of aromatic amines is 2. The van der Waals surface area contributed by atoms with Gasteiger partial charge >= 0.3 is 6.09 Å². The van der Waals surface area contributed by atoms with Crippen LogP contribution in [0.1, 0.15) is 26.3 Å². The Balaban J connectivity index is 1.88. The zero-order chi connectivity index (χ0) is 20.9. The number of rotatable bonds is 2. The third-order valence-electron chi connectivity index (χ3n) is 4.48. The lowest BCUT2D eigenvalue weighted by molar-refractivity contribution is 0.0544. The minimum Gasteiger partial charge on any atom is -0.443 e. The van der Waals surface area contributed by atoms with Gasteiger partial charge in [-0.05, 0) is 62.8 Å². The predicted molar refractivity (Wildman–Crippen MR) is 110 cm³/mol. The summed E-state index contributed by atoms with van der Waals surface area (Å²) in [7, 11) is 0. The molecular formula is C20H19FN4O3S. The Bertz CT molecular complexity index is 1370. The molecule has 0 aliphatic heterocycles. The van der Waals surface area contributed by atoms with Gasteiger partial charge in [-0.15, -0.1) is 0 Å². The van der Waals surface area contributed by atoms with Crippen molar-refractivity contribution >= 4 is 40.2 Å². The second kappa shape index (κ2) is 6.70. The molecule has 7 nitrogen and oxygen atoms in total. The Labute approximate surface area is 169 Å². The number of aromatic nitrogens is 4. The maximum atomic E-state index is 14.0.